The summed E-state index contributed by atoms with van der Waals surface area (Å²) in [4.78, 5) is 23.9. The van der Waals surface area contributed by atoms with Crippen LogP contribution in [0.3, 0.4) is 0 Å². The van der Waals surface area contributed by atoms with Gasteiger partial charge in [0, 0.05) is 18.3 Å². The molecule has 8 heteroatoms. The Morgan fingerprint density at radius 3 is 2.46 bits per heavy atom. The summed E-state index contributed by atoms with van der Waals surface area (Å²) in [7, 11) is 0. The van der Waals surface area contributed by atoms with E-state index in [2.05, 4.69) is 10.6 Å². The fourth-order valence-corrected chi connectivity index (χ4v) is 4.61. The third kappa shape index (κ3) is 9.77. The highest BCUT2D eigenvalue weighted by molar-refractivity contribution is 5.94. The molecule has 0 aromatic heterocycles. The summed E-state index contributed by atoms with van der Waals surface area (Å²) >= 11 is 0. The average Bonchev–Trinajstić information content (AvgIpc) is 2.86. The highest BCUT2D eigenvalue weighted by atomic mass is 16.5. The molecule has 0 radical (unpaired) electrons. The fraction of sp³-hybridized carbons (Fsp3) is 0.667. The molecule has 8 nitrogen and oxygen atoms in total. The van der Waals surface area contributed by atoms with Crippen molar-refractivity contribution >= 4 is 11.9 Å². The molecule has 0 heterocycles. The van der Waals surface area contributed by atoms with Gasteiger partial charge >= 0.3 is 11.9 Å². The SMILES string of the molecule is CCOC(=O)C(N)=C1CCCC(NCCCCCCNC2=CC(=C(C#N)C(=O)OCC)CCC2)C1. The molecular formula is C27H42N4O4. The van der Waals surface area contributed by atoms with Crippen LogP contribution in [0.1, 0.15) is 84.5 Å². The van der Waals surface area contributed by atoms with Crippen LogP contribution in [0.15, 0.2) is 34.2 Å². The number of nitrogens with two attached hydrogens (primary N) is 1. The number of carbonyl (C=O) groups is 2. The number of hydrogen-bond acceptors (Lipinski definition) is 8. The molecular weight excluding hydrogens is 444 g/mol. The summed E-state index contributed by atoms with van der Waals surface area (Å²) < 4.78 is 10.0. The van der Waals surface area contributed by atoms with Gasteiger partial charge in [0.25, 0.3) is 0 Å². The third-order valence-electron chi connectivity index (χ3n) is 6.44. The van der Waals surface area contributed by atoms with Gasteiger partial charge in [-0.1, -0.05) is 12.8 Å². The predicted molar refractivity (Wildman–Crippen MR) is 136 cm³/mol. The Labute approximate surface area is 210 Å². The number of nitriles is 1. The highest BCUT2D eigenvalue weighted by Gasteiger charge is 2.22. The molecule has 4 N–H and O–H groups in total. The van der Waals surface area contributed by atoms with Crippen molar-refractivity contribution in [1.29, 1.82) is 5.26 Å². The standard InChI is InChI=1S/C27H42N4O4/c1-3-34-26(32)24(19-28)20-11-9-13-22(17-20)30-15-7-5-6-8-16-31-23-14-10-12-21(18-23)25(29)27(33)35-4-2/h17,23,30-31H,3-16,18,29H2,1-2H3. The molecule has 35 heavy (non-hydrogen) atoms. The molecule has 0 bridgehead atoms. The number of esters is 2. The molecule has 0 spiro atoms. The Bertz CT molecular complexity index is 854. The lowest BCUT2D eigenvalue weighted by Crippen LogP contribution is -2.34. The van der Waals surface area contributed by atoms with Gasteiger partial charge < -0.3 is 25.8 Å². The smallest absolute Gasteiger partial charge is 0.354 e. The molecule has 0 amide bonds. The molecule has 0 aromatic rings. The molecule has 2 aliphatic carbocycles. The van der Waals surface area contributed by atoms with E-state index in [0.29, 0.717) is 18.3 Å². The lowest BCUT2D eigenvalue weighted by Gasteiger charge is -2.26. The topological polar surface area (TPSA) is 126 Å². The maximum atomic E-state index is 12.0. The van der Waals surface area contributed by atoms with Crippen molar-refractivity contribution in [2.75, 3.05) is 26.3 Å². The molecule has 2 rings (SSSR count). The van der Waals surface area contributed by atoms with Crippen molar-refractivity contribution in [2.45, 2.75) is 90.5 Å². The van der Waals surface area contributed by atoms with Gasteiger partial charge in [0.1, 0.15) is 17.3 Å². The van der Waals surface area contributed by atoms with Gasteiger partial charge in [-0.3, -0.25) is 0 Å². The summed E-state index contributed by atoms with van der Waals surface area (Å²) in [6, 6.07) is 2.39. The van der Waals surface area contributed by atoms with Gasteiger partial charge in [0.2, 0.25) is 0 Å². The number of nitrogens with one attached hydrogen (secondary N) is 2. The second kappa shape index (κ2) is 16.0. The number of carbonyl (C=O) groups excluding carboxylic acids is 2. The number of allylic oxidation sites excluding steroid dienone is 3. The summed E-state index contributed by atoms with van der Waals surface area (Å²) in [6.07, 6.45) is 12.9. The molecule has 0 aliphatic heterocycles. The van der Waals surface area contributed by atoms with Crippen LogP contribution in [-0.4, -0.2) is 44.3 Å². The van der Waals surface area contributed by atoms with Crippen molar-refractivity contribution < 1.29 is 19.1 Å². The molecule has 2 aliphatic rings. The zero-order valence-corrected chi connectivity index (χ0v) is 21.4. The molecule has 0 aromatic carbocycles. The summed E-state index contributed by atoms with van der Waals surface area (Å²) in [6.45, 7) is 6.00. The number of unbranched alkanes of at least 4 members (excludes halogenated alkanes) is 3. The van der Waals surface area contributed by atoms with E-state index in [1.54, 1.807) is 13.8 Å². The van der Waals surface area contributed by atoms with Crippen LogP contribution >= 0.6 is 0 Å². The first-order chi connectivity index (χ1) is 17.0. The molecule has 1 unspecified atom stereocenters. The maximum Gasteiger partial charge on any atom is 0.354 e. The lowest BCUT2D eigenvalue weighted by atomic mass is 9.89. The van der Waals surface area contributed by atoms with Crippen molar-refractivity contribution in [1.82, 2.24) is 10.6 Å². The maximum absolute atomic E-state index is 12.0. The van der Waals surface area contributed by atoms with E-state index < -0.39 is 11.9 Å². The summed E-state index contributed by atoms with van der Waals surface area (Å²) in [5, 5.41) is 16.4. The molecule has 194 valence electrons. The van der Waals surface area contributed by atoms with Crippen LogP contribution in [-0.2, 0) is 19.1 Å². The number of ether oxygens (including phenoxy) is 2. The van der Waals surface area contributed by atoms with Gasteiger partial charge in [-0.25, -0.2) is 9.59 Å². The van der Waals surface area contributed by atoms with Crippen LogP contribution in [0, 0.1) is 11.3 Å². The van der Waals surface area contributed by atoms with Crippen LogP contribution in [0.4, 0.5) is 0 Å². The van der Waals surface area contributed by atoms with E-state index in [0.717, 1.165) is 101 Å². The van der Waals surface area contributed by atoms with Crippen LogP contribution < -0.4 is 16.4 Å². The van der Waals surface area contributed by atoms with Crippen LogP contribution in [0.25, 0.3) is 0 Å². The second-order valence-electron chi connectivity index (χ2n) is 9.08. The minimum atomic E-state index is -0.529. The number of nitrogens with zero attached hydrogens (tertiary/aromatic N) is 1. The van der Waals surface area contributed by atoms with E-state index in [9.17, 15) is 14.9 Å². The Morgan fingerprint density at radius 1 is 1.03 bits per heavy atom. The van der Waals surface area contributed by atoms with Gasteiger partial charge in [0.15, 0.2) is 0 Å². The molecule has 1 saturated carbocycles. The zero-order chi connectivity index (χ0) is 25.5. The molecule has 1 fully saturated rings. The largest absolute Gasteiger partial charge is 0.462 e. The van der Waals surface area contributed by atoms with Gasteiger partial charge in [-0.15, -0.1) is 0 Å². The van der Waals surface area contributed by atoms with Crippen molar-refractivity contribution in [2.24, 2.45) is 5.73 Å². The predicted octanol–water partition coefficient (Wildman–Crippen LogP) is 3.90. The van der Waals surface area contributed by atoms with E-state index in [-0.39, 0.29) is 12.2 Å². The Kier molecular flexibility index (Phi) is 13.0. The lowest BCUT2D eigenvalue weighted by molar-refractivity contribution is -0.139. The third-order valence-corrected chi connectivity index (χ3v) is 6.44. The van der Waals surface area contributed by atoms with Crippen molar-refractivity contribution in [3.05, 3.63) is 34.2 Å². The molecule has 0 saturated heterocycles. The van der Waals surface area contributed by atoms with Gasteiger partial charge in [0.05, 0.1) is 13.2 Å². The first-order valence-electron chi connectivity index (χ1n) is 13.1. The second-order valence-corrected chi connectivity index (χ2v) is 9.08. The minimum absolute atomic E-state index is 0.127. The van der Waals surface area contributed by atoms with E-state index in [1.807, 2.05) is 12.1 Å². The van der Waals surface area contributed by atoms with E-state index >= 15 is 0 Å². The fourth-order valence-electron chi connectivity index (χ4n) is 4.61. The Balaban J connectivity index is 1.64. The Hall–Kier alpha value is -2.79. The highest BCUT2D eigenvalue weighted by Crippen LogP contribution is 2.26. The van der Waals surface area contributed by atoms with E-state index in [1.165, 1.54) is 0 Å². The average molecular weight is 487 g/mol. The first-order valence-corrected chi connectivity index (χ1v) is 13.1. The summed E-state index contributed by atoms with van der Waals surface area (Å²) in [5.74, 6) is -0.920. The minimum Gasteiger partial charge on any atom is -0.462 e. The van der Waals surface area contributed by atoms with Crippen molar-refractivity contribution in [3.63, 3.8) is 0 Å². The van der Waals surface area contributed by atoms with Gasteiger partial charge in [-0.05, 0) is 95.4 Å². The van der Waals surface area contributed by atoms with Gasteiger partial charge in [-0.2, -0.15) is 5.26 Å². The Morgan fingerprint density at radius 2 is 1.74 bits per heavy atom. The molecule has 1 atom stereocenters. The first kappa shape index (κ1) is 28.4. The normalized spacial score (nSPS) is 20.8. The number of rotatable bonds is 13. The summed E-state index contributed by atoms with van der Waals surface area (Å²) in [5.41, 5.74) is 9.32. The van der Waals surface area contributed by atoms with Crippen LogP contribution in [0.2, 0.25) is 0 Å². The van der Waals surface area contributed by atoms with Crippen LogP contribution in [0.5, 0.6) is 0 Å². The number of hydrogen-bond donors (Lipinski definition) is 3. The quantitative estimate of drug-likeness (QED) is 0.155. The van der Waals surface area contributed by atoms with E-state index in [4.69, 9.17) is 15.2 Å². The monoisotopic (exact) mass is 486 g/mol. The van der Waals surface area contributed by atoms with Crippen molar-refractivity contribution in [3.8, 4) is 6.07 Å². The zero-order valence-electron chi connectivity index (χ0n) is 21.4.